The summed E-state index contributed by atoms with van der Waals surface area (Å²) in [6.07, 6.45) is 4.20. The third kappa shape index (κ3) is 2.50. The highest BCUT2D eigenvalue weighted by Crippen LogP contribution is 2.35. The smallest absolute Gasteiger partial charge is 0.344 e. The molecule has 1 aliphatic rings. The second-order valence-electron chi connectivity index (χ2n) is 5.99. The van der Waals surface area contributed by atoms with Crippen molar-refractivity contribution in [1.82, 2.24) is 0 Å². The zero-order valence-electron chi connectivity index (χ0n) is 12.9. The molecule has 0 saturated carbocycles. The van der Waals surface area contributed by atoms with Crippen molar-refractivity contribution in [2.45, 2.75) is 25.7 Å². The van der Waals surface area contributed by atoms with Crippen LogP contribution in [0, 0.1) is 0 Å². The molecule has 2 heteroatoms. The summed E-state index contributed by atoms with van der Waals surface area (Å²) in [5.41, 5.74) is 4.86. The predicted octanol–water partition coefficient (Wildman–Crippen LogP) is 4.85. The molecule has 114 valence electrons. The van der Waals surface area contributed by atoms with Crippen LogP contribution >= 0.6 is 0 Å². The van der Waals surface area contributed by atoms with E-state index < -0.39 is 0 Å². The number of hydrogen-bond acceptors (Lipinski definition) is 2. The van der Waals surface area contributed by atoms with Crippen LogP contribution in [0.4, 0.5) is 0 Å². The SMILES string of the molecule is O=c1oc(-c2ccccc2)c2c(c1-c1ccccc1)CCCC2. The highest BCUT2D eigenvalue weighted by molar-refractivity contribution is 5.73. The first kappa shape index (κ1) is 14.0. The van der Waals surface area contributed by atoms with E-state index in [1.807, 2.05) is 60.7 Å². The molecule has 1 heterocycles. The summed E-state index contributed by atoms with van der Waals surface area (Å²) in [5.74, 6) is 0.755. The Hall–Kier alpha value is -2.61. The van der Waals surface area contributed by atoms with E-state index in [-0.39, 0.29) is 5.63 Å². The van der Waals surface area contributed by atoms with Crippen molar-refractivity contribution in [3.05, 3.63) is 82.2 Å². The molecule has 0 N–H and O–H groups in total. The van der Waals surface area contributed by atoms with E-state index in [1.165, 1.54) is 11.1 Å². The summed E-state index contributed by atoms with van der Waals surface area (Å²) < 4.78 is 5.79. The average molecular weight is 302 g/mol. The monoisotopic (exact) mass is 302 g/mol. The summed E-state index contributed by atoms with van der Waals surface area (Å²) in [5, 5.41) is 0. The third-order valence-corrected chi connectivity index (χ3v) is 4.54. The molecule has 2 aromatic carbocycles. The van der Waals surface area contributed by atoms with Crippen molar-refractivity contribution < 1.29 is 4.42 Å². The summed E-state index contributed by atoms with van der Waals surface area (Å²) in [6, 6.07) is 19.8. The first-order chi connectivity index (χ1) is 11.3. The minimum absolute atomic E-state index is 0.226. The standard InChI is InChI=1S/C21H18O2/c22-21-19(15-9-3-1-4-10-15)17-13-7-8-14-18(17)20(23-21)16-11-5-2-6-12-16/h1-6,9-12H,7-8,13-14H2. The van der Waals surface area contributed by atoms with Gasteiger partial charge in [0.15, 0.2) is 0 Å². The minimum atomic E-state index is -0.226. The summed E-state index contributed by atoms with van der Waals surface area (Å²) >= 11 is 0. The molecular weight excluding hydrogens is 284 g/mol. The van der Waals surface area contributed by atoms with Crippen LogP contribution in [0.3, 0.4) is 0 Å². The van der Waals surface area contributed by atoms with Crippen molar-refractivity contribution >= 4 is 0 Å². The summed E-state index contributed by atoms with van der Waals surface area (Å²) in [7, 11) is 0. The molecule has 3 aromatic rings. The number of rotatable bonds is 2. The van der Waals surface area contributed by atoms with Gasteiger partial charge in [-0.25, -0.2) is 4.79 Å². The quantitative estimate of drug-likeness (QED) is 0.677. The van der Waals surface area contributed by atoms with Crippen molar-refractivity contribution in [3.8, 4) is 22.5 Å². The maximum Gasteiger partial charge on any atom is 0.344 e. The fourth-order valence-corrected chi connectivity index (χ4v) is 3.48. The van der Waals surface area contributed by atoms with Crippen LogP contribution in [-0.4, -0.2) is 0 Å². The molecular formula is C21H18O2. The Morgan fingerprint density at radius 3 is 1.91 bits per heavy atom. The van der Waals surface area contributed by atoms with Gasteiger partial charge in [0.05, 0.1) is 5.56 Å². The summed E-state index contributed by atoms with van der Waals surface area (Å²) in [6.45, 7) is 0. The van der Waals surface area contributed by atoms with Crippen LogP contribution in [0.2, 0.25) is 0 Å². The molecule has 1 aromatic heterocycles. The topological polar surface area (TPSA) is 30.2 Å². The minimum Gasteiger partial charge on any atom is -0.422 e. The molecule has 0 bridgehead atoms. The predicted molar refractivity (Wildman–Crippen MR) is 92.5 cm³/mol. The molecule has 1 aliphatic carbocycles. The second kappa shape index (κ2) is 5.88. The van der Waals surface area contributed by atoms with Gasteiger partial charge < -0.3 is 4.42 Å². The Morgan fingerprint density at radius 2 is 1.26 bits per heavy atom. The molecule has 0 aliphatic heterocycles. The maximum atomic E-state index is 12.7. The fourth-order valence-electron chi connectivity index (χ4n) is 3.48. The van der Waals surface area contributed by atoms with Gasteiger partial charge in [-0.15, -0.1) is 0 Å². The van der Waals surface area contributed by atoms with Gasteiger partial charge in [-0.1, -0.05) is 60.7 Å². The van der Waals surface area contributed by atoms with Crippen LogP contribution in [0.25, 0.3) is 22.5 Å². The fraction of sp³-hybridized carbons (Fsp3) is 0.190. The molecule has 0 unspecified atom stereocenters. The summed E-state index contributed by atoms with van der Waals surface area (Å²) in [4.78, 5) is 12.7. The number of hydrogen-bond donors (Lipinski definition) is 0. The van der Waals surface area contributed by atoms with Crippen molar-refractivity contribution in [2.75, 3.05) is 0 Å². The van der Waals surface area contributed by atoms with E-state index >= 15 is 0 Å². The Labute approximate surface area is 135 Å². The lowest BCUT2D eigenvalue weighted by molar-refractivity contribution is 0.510. The van der Waals surface area contributed by atoms with E-state index in [2.05, 4.69) is 0 Å². The number of benzene rings is 2. The second-order valence-corrected chi connectivity index (χ2v) is 5.99. The largest absolute Gasteiger partial charge is 0.422 e. The van der Waals surface area contributed by atoms with E-state index in [1.54, 1.807) is 0 Å². The normalized spacial score (nSPS) is 13.6. The lowest BCUT2D eigenvalue weighted by atomic mass is 9.85. The van der Waals surface area contributed by atoms with Crippen LogP contribution in [0.5, 0.6) is 0 Å². The van der Waals surface area contributed by atoms with Crippen molar-refractivity contribution in [1.29, 1.82) is 0 Å². The molecule has 0 fully saturated rings. The molecule has 4 rings (SSSR count). The first-order valence-electron chi connectivity index (χ1n) is 8.14. The van der Waals surface area contributed by atoms with Gasteiger partial charge in [0.25, 0.3) is 0 Å². The zero-order chi connectivity index (χ0) is 15.6. The lowest BCUT2D eigenvalue weighted by Crippen LogP contribution is -2.15. The van der Waals surface area contributed by atoms with Crippen LogP contribution in [-0.2, 0) is 12.8 Å². The Kier molecular flexibility index (Phi) is 3.58. The highest BCUT2D eigenvalue weighted by Gasteiger charge is 2.23. The molecule has 23 heavy (non-hydrogen) atoms. The van der Waals surface area contributed by atoms with Crippen LogP contribution < -0.4 is 5.63 Å². The molecule has 0 spiro atoms. The Bertz CT molecular complexity index is 877. The van der Waals surface area contributed by atoms with Crippen molar-refractivity contribution in [3.63, 3.8) is 0 Å². The molecule has 2 nitrogen and oxygen atoms in total. The Balaban J connectivity index is 1.99. The van der Waals surface area contributed by atoms with Crippen LogP contribution in [0.15, 0.2) is 69.9 Å². The van der Waals surface area contributed by atoms with Gasteiger partial charge in [-0.3, -0.25) is 0 Å². The third-order valence-electron chi connectivity index (χ3n) is 4.54. The van der Waals surface area contributed by atoms with Gasteiger partial charge in [0.1, 0.15) is 5.76 Å². The first-order valence-corrected chi connectivity index (χ1v) is 8.14. The molecule has 0 atom stereocenters. The van der Waals surface area contributed by atoms with Gasteiger partial charge in [0, 0.05) is 5.56 Å². The van der Waals surface area contributed by atoms with Crippen molar-refractivity contribution in [2.24, 2.45) is 0 Å². The number of fused-ring (bicyclic) bond motifs is 1. The van der Waals surface area contributed by atoms with Gasteiger partial charge in [0.2, 0.25) is 0 Å². The molecule has 0 amide bonds. The highest BCUT2D eigenvalue weighted by atomic mass is 16.4. The Morgan fingerprint density at radius 1 is 0.696 bits per heavy atom. The van der Waals surface area contributed by atoms with E-state index in [9.17, 15) is 4.79 Å². The van der Waals surface area contributed by atoms with Gasteiger partial charge >= 0.3 is 5.63 Å². The molecule has 0 saturated heterocycles. The van der Waals surface area contributed by atoms with Crippen LogP contribution in [0.1, 0.15) is 24.0 Å². The van der Waals surface area contributed by atoms with Gasteiger partial charge in [-0.05, 0) is 42.4 Å². The zero-order valence-corrected chi connectivity index (χ0v) is 12.9. The van der Waals surface area contributed by atoms with E-state index in [4.69, 9.17) is 4.42 Å². The average Bonchev–Trinajstić information content (AvgIpc) is 2.62. The molecule has 0 radical (unpaired) electrons. The van der Waals surface area contributed by atoms with Gasteiger partial charge in [-0.2, -0.15) is 0 Å². The maximum absolute atomic E-state index is 12.7. The lowest BCUT2D eigenvalue weighted by Gasteiger charge is -2.21. The van der Waals surface area contributed by atoms with E-state index in [0.717, 1.165) is 48.1 Å². The van der Waals surface area contributed by atoms with E-state index in [0.29, 0.717) is 0 Å².